The molecule has 1 aromatic carbocycles. The summed E-state index contributed by atoms with van der Waals surface area (Å²) in [5, 5.41) is 13.8. The van der Waals surface area contributed by atoms with Crippen LogP contribution in [0.1, 0.15) is 17.3 Å². The number of nitrogens with zero attached hydrogens (tertiary/aromatic N) is 1. The third-order valence-corrected chi connectivity index (χ3v) is 2.97. The highest BCUT2D eigenvalue weighted by Crippen LogP contribution is 2.13. The van der Waals surface area contributed by atoms with Crippen LogP contribution < -0.4 is 11.1 Å². The third-order valence-electron chi connectivity index (χ3n) is 2.08. The van der Waals surface area contributed by atoms with Gasteiger partial charge in [-0.25, -0.2) is 4.39 Å². The fourth-order valence-electron chi connectivity index (χ4n) is 1.11. The van der Waals surface area contributed by atoms with Crippen LogP contribution in [0.5, 0.6) is 0 Å². The summed E-state index contributed by atoms with van der Waals surface area (Å²) in [5.74, 6) is -0.917. The number of carbonyl (C=O) groups is 1. The highest BCUT2D eigenvalue weighted by atomic mass is 127. The number of rotatable bonds is 3. The molecule has 1 atom stereocenters. The lowest BCUT2D eigenvalue weighted by Gasteiger charge is -2.12. The fourth-order valence-corrected chi connectivity index (χ4v) is 1.83. The number of nitrogens with one attached hydrogen (secondary N) is 1. The molecule has 4 N–H and O–H groups in total. The van der Waals surface area contributed by atoms with Gasteiger partial charge in [0, 0.05) is 3.57 Å². The van der Waals surface area contributed by atoms with Gasteiger partial charge in [-0.2, -0.15) is 0 Å². The predicted octanol–water partition coefficient (Wildman–Crippen LogP) is 1.30. The molecule has 0 aliphatic carbocycles. The van der Waals surface area contributed by atoms with E-state index in [1.54, 1.807) is 6.92 Å². The topological polar surface area (TPSA) is 87.7 Å². The van der Waals surface area contributed by atoms with E-state index in [2.05, 4.69) is 10.5 Å². The van der Waals surface area contributed by atoms with Gasteiger partial charge < -0.3 is 16.3 Å². The van der Waals surface area contributed by atoms with Gasteiger partial charge in [-0.1, -0.05) is 5.16 Å². The summed E-state index contributed by atoms with van der Waals surface area (Å²) in [6, 6.07) is 3.23. The molecule has 0 spiro atoms. The average molecular weight is 351 g/mol. The Hall–Kier alpha value is -1.38. The number of nitrogens with two attached hydrogens (primary N) is 1. The van der Waals surface area contributed by atoms with Gasteiger partial charge in [0.05, 0.1) is 11.6 Å². The molecule has 5 nitrogen and oxygen atoms in total. The van der Waals surface area contributed by atoms with Crippen LogP contribution in [0.4, 0.5) is 4.39 Å². The van der Waals surface area contributed by atoms with Gasteiger partial charge in [-0.05, 0) is 47.7 Å². The van der Waals surface area contributed by atoms with E-state index in [1.807, 2.05) is 22.6 Å². The van der Waals surface area contributed by atoms with Crippen LogP contribution in [0.2, 0.25) is 0 Å². The SMILES string of the molecule is CC(NC(=O)c1ccc(F)cc1I)/C(N)=N/O. The summed E-state index contributed by atoms with van der Waals surface area (Å²) >= 11 is 1.86. The van der Waals surface area contributed by atoms with Crippen LogP contribution in [0.25, 0.3) is 0 Å². The van der Waals surface area contributed by atoms with Crippen molar-refractivity contribution >= 4 is 34.3 Å². The van der Waals surface area contributed by atoms with Crippen molar-refractivity contribution in [1.29, 1.82) is 0 Å². The van der Waals surface area contributed by atoms with Crippen LogP contribution in [0.3, 0.4) is 0 Å². The molecule has 0 heterocycles. The zero-order valence-corrected chi connectivity index (χ0v) is 11.1. The second kappa shape index (κ2) is 5.80. The average Bonchev–Trinajstić information content (AvgIpc) is 2.27. The number of hydrogen-bond acceptors (Lipinski definition) is 3. The maximum absolute atomic E-state index is 12.8. The Morgan fingerprint density at radius 3 is 2.82 bits per heavy atom. The van der Waals surface area contributed by atoms with Crippen molar-refractivity contribution < 1.29 is 14.4 Å². The fraction of sp³-hybridized carbons (Fsp3) is 0.200. The maximum atomic E-state index is 12.8. The normalized spacial score (nSPS) is 13.2. The molecule has 1 unspecified atom stereocenters. The Morgan fingerprint density at radius 2 is 2.29 bits per heavy atom. The minimum atomic E-state index is -0.603. The number of benzene rings is 1. The summed E-state index contributed by atoms with van der Waals surface area (Å²) in [4.78, 5) is 11.8. The van der Waals surface area contributed by atoms with Gasteiger partial charge in [-0.15, -0.1) is 0 Å². The van der Waals surface area contributed by atoms with Crippen molar-refractivity contribution in [3.05, 3.63) is 33.1 Å². The minimum Gasteiger partial charge on any atom is -0.409 e. The first-order valence-electron chi connectivity index (χ1n) is 4.69. The van der Waals surface area contributed by atoms with E-state index < -0.39 is 17.8 Å². The highest BCUT2D eigenvalue weighted by Gasteiger charge is 2.15. The standard InChI is InChI=1S/C10H11FIN3O2/c1-5(9(13)15-17)14-10(16)7-3-2-6(11)4-8(7)12/h2-5,17H,1H3,(H2,13,15)(H,14,16). The lowest BCUT2D eigenvalue weighted by atomic mass is 10.2. The lowest BCUT2D eigenvalue weighted by Crippen LogP contribution is -2.42. The molecule has 0 saturated heterocycles. The third kappa shape index (κ3) is 3.55. The molecule has 17 heavy (non-hydrogen) atoms. The van der Waals surface area contributed by atoms with Crippen molar-refractivity contribution in [3.8, 4) is 0 Å². The van der Waals surface area contributed by atoms with Gasteiger partial charge in [-0.3, -0.25) is 4.79 Å². The maximum Gasteiger partial charge on any atom is 0.252 e. The van der Waals surface area contributed by atoms with Gasteiger partial charge in [0.2, 0.25) is 0 Å². The van der Waals surface area contributed by atoms with E-state index in [-0.39, 0.29) is 5.84 Å². The molecule has 0 bridgehead atoms. The van der Waals surface area contributed by atoms with Crippen molar-refractivity contribution in [2.45, 2.75) is 13.0 Å². The van der Waals surface area contributed by atoms with Gasteiger partial charge >= 0.3 is 0 Å². The second-order valence-electron chi connectivity index (χ2n) is 3.34. The van der Waals surface area contributed by atoms with E-state index in [9.17, 15) is 9.18 Å². The predicted molar refractivity (Wildman–Crippen MR) is 69.5 cm³/mol. The first kappa shape index (κ1) is 13.7. The number of halogens is 2. The molecule has 7 heteroatoms. The lowest BCUT2D eigenvalue weighted by molar-refractivity contribution is 0.0947. The summed E-state index contributed by atoms with van der Waals surface area (Å²) < 4.78 is 13.3. The summed E-state index contributed by atoms with van der Waals surface area (Å²) in [6.07, 6.45) is 0. The van der Waals surface area contributed by atoms with Crippen LogP contribution in [0, 0.1) is 9.39 Å². The molecule has 1 rings (SSSR count). The monoisotopic (exact) mass is 351 g/mol. The first-order chi connectivity index (χ1) is 7.95. The number of amides is 1. The van der Waals surface area contributed by atoms with Crippen LogP contribution in [-0.2, 0) is 0 Å². The van der Waals surface area contributed by atoms with E-state index in [0.29, 0.717) is 9.13 Å². The minimum absolute atomic E-state index is 0.101. The molecule has 0 aliphatic heterocycles. The van der Waals surface area contributed by atoms with Crippen LogP contribution >= 0.6 is 22.6 Å². The largest absolute Gasteiger partial charge is 0.409 e. The quantitative estimate of drug-likeness (QED) is 0.252. The summed E-state index contributed by atoms with van der Waals surface area (Å²) in [5.41, 5.74) is 5.67. The molecule has 0 aromatic heterocycles. The Bertz CT molecular complexity index is 465. The van der Waals surface area contributed by atoms with Crippen molar-refractivity contribution in [2.24, 2.45) is 10.9 Å². The molecular weight excluding hydrogens is 340 g/mol. The van der Waals surface area contributed by atoms with E-state index >= 15 is 0 Å². The molecule has 0 aliphatic rings. The number of hydrogen-bond donors (Lipinski definition) is 3. The van der Waals surface area contributed by atoms with E-state index in [0.717, 1.165) is 0 Å². The summed E-state index contributed by atoms with van der Waals surface area (Å²) in [6.45, 7) is 1.57. The zero-order valence-electron chi connectivity index (χ0n) is 8.95. The van der Waals surface area contributed by atoms with Gasteiger partial charge in [0.25, 0.3) is 5.91 Å². The molecular formula is C10H11FIN3O2. The molecule has 0 saturated carbocycles. The first-order valence-corrected chi connectivity index (χ1v) is 5.77. The van der Waals surface area contributed by atoms with Crippen LogP contribution in [0.15, 0.2) is 23.4 Å². The number of carbonyl (C=O) groups excluding carboxylic acids is 1. The summed E-state index contributed by atoms with van der Waals surface area (Å²) in [7, 11) is 0. The van der Waals surface area contributed by atoms with E-state index in [1.165, 1.54) is 18.2 Å². The van der Waals surface area contributed by atoms with Crippen molar-refractivity contribution in [2.75, 3.05) is 0 Å². The molecule has 0 radical (unpaired) electrons. The van der Waals surface area contributed by atoms with Gasteiger partial charge in [0.1, 0.15) is 5.82 Å². The van der Waals surface area contributed by atoms with E-state index in [4.69, 9.17) is 10.9 Å². The van der Waals surface area contributed by atoms with Crippen LogP contribution in [-0.4, -0.2) is 23.0 Å². The van der Waals surface area contributed by atoms with Crippen molar-refractivity contribution in [1.82, 2.24) is 5.32 Å². The molecule has 1 aromatic rings. The second-order valence-corrected chi connectivity index (χ2v) is 4.51. The zero-order chi connectivity index (χ0) is 13.0. The Labute approximate surface area is 111 Å². The smallest absolute Gasteiger partial charge is 0.252 e. The highest BCUT2D eigenvalue weighted by molar-refractivity contribution is 14.1. The molecule has 1 amide bonds. The Morgan fingerprint density at radius 1 is 1.65 bits per heavy atom. The number of oxime groups is 1. The molecule has 0 fully saturated rings. The molecule has 92 valence electrons. The Balaban J connectivity index is 2.84. The van der Waals surface area contributed by atoms with Crippen molar-refractivity contribution in [3.63, 3.8) is 0 Å². The van der Waals surface area contributed by atoms with Gasteiger partial charge in [0.15, 0.2) is 5.84 Å². The Kier molecular flexibility index (Phi) is 4.67. The number of amidine groups is 1.